The zero-order valence-corrected chi connectivity index (χ0v) is 26.7. The van der Waals surface area contributed by atoms with Crippen LogP contribution in [0.2, 0.25) is 0 Å². The first kappa shape index (κ1) is 27.5. The first-order valence-electron chi connectivity index (χ1n) is 16.8. The summed E-state index contributed by atoms with van der Waals surface area (Å²) in [5, 5.41) is 7.65. The Morgan fingerprint density at radius 3 is 1.14 bits per heavy atom. The SMILES string of the molecule is c1ccc(N(c2ccccc2)c2ccc(-n3c4ccccc4c4c5ccc6c(c5ccc43)c3ccccc3n6-c3ccccc3)cc2)cc1. The zero-order valence-electron chi connectivity index (χ0n) is 26.7. The number of para-hydroxylation sites is 5. The van der Waals surface area contributed by atoms with Crippen LogP contribution in [0.5, 0.6) is 0 Å². The van der Waals surface area contributed by atoms with Crippen LogP contribution in [-0.4, -0.2) is 9.13 Å². The third-order valence-corrected chi connectivity index (χ3v) is 9.88. The van der Waals surface area contributed by atoms with Crippen molar-refractivity contribution in [2.24, 2.45) is 0 Å². The zero-order chi connectivity index (χ0) is 32.3. The van der Waals surface area contributed by atoms with E-state index in [1.807, 2.05) is 0 Å². The molecule has 0 saturated carbocycles. The van der Waals surface area contributed by atoms with Crippen LogP contribution in [0.15, 0.2) is 188 Å². The van der Waals surface area contributed by atoms with E-state index in [2.05, 4.69) is 202 Å². The van der Waals surface area contributed by atoms with Gasteiger partial charge in [0.25, 0.3) is 0 Å². The number of benzene rings is 8. The Hall–Kier alpha value is -6.58. The second-order valence-electron chi connectivity index (χ2n) is 12.6. The van der Waals surface area contributed by atoms with Gasteiger partial charge in [-0.1, -0.05) is 103 Å². The molecule has 49 heavy (non-hydrogen) atoms. The molecule has 0 spiro atoms. The maximum atomic E-state index is 2.42. The van der Waals surface area contributed by atoms with Gasteiger partial charge in [-0.25, -0.2) is 0 Å². The summed E-state index contributed by atoms with van der Waals surface area (Å²) in [6.45, 7) is 0. The maximum absolute atomic E-state index is 2.42. The largest absolute Gasteiger partial charge is 0.311 e. The number of aromatic nitrogens is 2. The van der Waals surface area contributed by atoms with E-state index in [0.717, 1.165) is 22.7 Å². The van der Waals surface area contributed by atoms with Crippen LogP contribution in [-0.2, 0) is 0 Å². The Balaban J connectivity index is 1.19. The highest BCUT2D eigenvalue weighted by Gasteiger charge is 2.20. The first-order valence-corrected chi connectivity index (χ1v) is 16.8. The molecule has 0 atom stereocenters. The highest BCUT2D eigenvalue weighted by atomic mass is 15.1. The van der Waals surface area contributed by atoms with Crippen LogP contribution >= 0.6 is 0 Å². The second kappa shape index (κ2) is 11.0. The molecule has 0 aliphatic rings. The van der Waals surface area contributed by atoms with Crippen molar-refractivity contribution in [3.05, 3.63) is 188 Å². The van der Waals surface area contributed by atoms with E-state index in [1.54, 1.807) is 0 Å². The van der Waals surface area contributed by atoms with Gasteiger partial charge in [0.2, 0.25) is 0 Å². The van der Waals surface area contributed by atoms with Crippen molar-refractivity contribution in [1.29, 1.82) is 0 Å². The number of fused-ring (bicyclic) bond motifs is 9. The summed E-state index contributed by atoms with van der Waals surface area (Å²) in [7, 11) is 0. The van der Waals surface area contributed by atoms with Gasteiger partial charge in [0, 0.05) is 50.0 Å². The summed E-state index contributed by atoms with van der Waals surface area (Å²) in [5.41, 5.74) is 10.5. The summed E-state index contributed by atoms with van der Waals surface area (Å²) in [6, 6.07) is 67.7. The van der Waals surface area contributed by atoms with Crippen LogP contribution in [0.3, 0.4) is 0 Å². The molecule has 3 nitrogen and oxygen atoms in total. The van der Waals surface area contributed by atoms with Crippen LogP contribution in [0.4, 0.5) is 17.1 Å². The molecule has 0 N–H and O–H groups in total. The minimum Gasteiger partial charge on any atom is -0.311 e. The van der Waals surface area contributed by atoms with Crippen molar-refractivity contribution >= 4 is 71.4 Å². The van der Waals surface area contributed by atoms with E-state index < -0.39 is 0 Å². The van der Waals surface area contributed by atoms with Crippen molar-refractivity contribution in [2.75, 3.05) is 4.90 Å². The molecule has 10 rings (SSSR count). The van der Waals surface area contributed by atoms with Gasteiger partial charge in [-0.2, -0.15) is 0 Å². The number of nitrogens with zero attached hydrogens (tertiary/aromatic N) is 3. The van der Waals surface area contributed by atoms with Crippen LogP contribution in [0.25, 0.3) is 65.8 Å². The fourth-order valence-electron chi connectivity index (χ4n) is 7.83. The molecule has 0 aliphatic heterocycles. The number of hydrogen-bond donors (Lipinski definition) is 0. The highest BCUT2D eigenvalue weighted by Crippen LogP contribution is 2.43. The van der Waals surface area contributed by atoms with Crippen LogP contribution < -0.4 is 4.90 Å². The molecule has 3 heteroatoms. The summed E-state index contributed by atoms with van der Waals surface area (Å²) >= 11 is 0. The van der Waals surface area contributed by atoms with E-state index in [9.17, 15) is 0 Å². The fraction of sp³-hybridized carbons (Fsp3) is 0. The van der Waals surface area contributed by atoms with Gasteiger partial charge in [0.05, 0.1) is 22.1 Å². The number of anilines is 3. The van der Waals surface area contributed by atoms with Gasteiger partial charge >= 0.3 is 0 Å². The molecule has 10 aromatic rings. The third-order valence-electron chi connectivity index (χ3n) is 9.88. The van der Waals surface area contributed by atoms with E-state index in [4.69, 9.17) is 0 Å². The molecule has 0 saturated heterocycles. The Morgan fingerprint density at radius 1 is 0.265 bits per heavy atom. The van der Waals surface area contributed by atoms with Crippen molar-refractivity contribution in [2.45, 2.75) is 0 Å². The molecule has 2 aromatic heterocycles. The summed E-state index contributed by atoms with van der Waals surface area (Å²) in [5.74, 6) is 0. The van der Waals surface area contributed by atoms with Gasteiger partial charge in [-0.3, -0.25) is 0 Å². The Morgan fingerprint density at radius 2 is 0.653 bits per heavy atom. The summed E-state index contributed by atoms with van der Waals surface area (Å²) < 4.78 is 4.81. The van der Waals surface area contributed by atoms with Crippen molar-refractivity contribution in [3.63, 3.8) is 0 Å². The molecule has 0 aliphatic carbocycles. The Bertz CT molecular complexity index is 2750. The van der Waals surface area contributed by atoms with E-state index in [0.29, 0.717) is 0 Å². The van der Waals surface area contributed by atoms with Crippen molar-refractivity contribution < 1.29 is 0 Å². The molecule has 2 heterocycles. The van der Waals surface area contributed by atoms with Gasteiger partial charge < -0.3 is 14.0 Å². The highest BCUT2D eigenvalue weighted by molar-refractivity contribution is 6.29. The predicted molar refractivity (Wildman–Crippen MR) is 207 cm³/mol. The van der Waals surface area contributed by atoms with Gasteiger partial charge in [-0.15, -0.1) is 0 Å². The monoisotopic (exact) mass is 625 g/mol. The van der Waals surface area contributed by atoms with Crippen LogP contribution in [0, 0.1) is 0 Å². The fourth-order valence-corrected chi connectivity index (χ4v) is 7.83. The Labute approximate surface area is 284 Å². The first-order chi connectivity index (χ1) is 24.3. The lowest BCUT2D eigenvalue weighted by Gasteiger charge is -2.25. The van der Waals surface area contributed by atoms with E-state index in [-0.39, 0.29) is 0 Å². The lowest BCUT2D eigenvalue weighted by atomic mass is 9.99. The molecule has 8 aromatic carbocycles. The average Bonchev–Trinajstić information content (AvgIpc) is 3.70. The van der Waals surface area contributed by atoms with E-state index in [1.165, 1.54) is 60.1 Å². The smallest absolute Gasteiger partial charge is 0.0547 e. The van der Waals surface area contributed by atoms with Gasteiger partial charge in [0.1, 0.15) is 0 Å². The standard InChI is InChI=1S/C46H31N3/c1-4-14-32(15-5-1)47(33-16-6-2-7-17-33)35-24-26-36(27-25-35)49-42-23-13-11-21-40(42)46-38-28-30-43-45(37(38)29-31-44(46)49)39-20-10-12-22-41(39)48(43)34-18-8-3-9-19-34/h1-31H. The van der Waals surface area contributed by atoms with E-state index >= 15 is 0 Å². The lowest BCUT2D eigenvalue weighted by molar-refractivity contribution is 1.17. The minimum absolute atomic E-state index is 1.12. The summed E-state index contributed by atoms with van der Waals surface area (Å²) in [4.78, 5) is 2.31. The maximum Gasteiger partial charge on any atom is 0.0547 e. The van der Waals surface area contributed by atoms with Crippen molar-refractivity contribution in [3.8, 4) is 11.4 Å². The van der Waals surface area contributed by atoms with Gasteiger partial charge in [0.15, 0.2) is 0 Å². The molecule has 230 valence electrons. The number of hydrogen-bond acceptors (Lipinski definition) is 1. The summed E-state index contributed by atoms with van der Waals surface area (Å²) in [6.07, 6.45) is 0. The lowest BCUT2D eigenvalue weighted by Crippen LogP contribution is -2.09. The third kappa shape index (κ3) is 4.23. The quantitative estimate of drug-likeness (QED) is 0.185. The second-order valence-corrected chi connectivity index (χ2v) is 12.6. The molecular formula is C46H31N3. The minimum atomic E-state index is 1.12. The Kier molecular flexibility index (Phi) is 6.18. The van der Waals surface area contributed by atoms with Crippen molar-refractivity contribution in [1.82, 2.24) is 9.13 Å². The predicted octanol–water partition coefficient (Wildman–Crippen LogP) is 12.5. The topological polar surface area (TPSA) is 13.1 Å². The normalized spacial score (nSPS) is 11.7. The molecule has 0 radical (unpaired) electrons. The van der Waals surface area contributed by atoms with Crippen LogP contribution in [0.1, 0.15) is 0 Å². The molecule has 0 fully saturated rings. The molecule has 0 unspecified atom stereocenters. The number of rotatable bonds is 5. The molecule has 0 amide bonds. The molecular weight excluding hydrogens is 595 g/mol. The average molecular weight is 626 g/mol. The molecule has 0 bridgehead atoms. The van der Waals surface area contributed by atoms with Gasteiger partial charge in [-0.05, 0) is 95.7 Å².